The quantitative estimate of drug-likeness (QED) is 0.313. The lowest BCUT2D eigenvalue weighted by Gasteiger charge is -2.22. The average molecular weight is 551 g/mol. The zero-order valence-electron chi connectivity index (χ0n) is 20.6. The van der Waals surface area contributed by atoms with E-state index in [1.165, 1.54) is 52.1 Å². The van der Waals surface area contributed by atoms with Gasteiger partial charge >= 0.3 is 0 Å². The number of sulfonamides is 1. The molecule has 0 unspecified atom stereocenters. The van der Waals surface area contributed by atoms with Crippen molar-refractivity contribution in [3.05, 3.63) is 73.3 Å². The second-order valence-corrected chi connectivity index (χ2v) is 11.0. The molecule has 0 aliphatic rings. The molecule has 0 N–H and O–H groups in total. The zero-order chi connectivity index (χ0) is 25.6. The fraction of sp³-hybridized carbons (Fsp3) is 0.280. The highest BCUT2D eigenvalue weighted by Crippen LogP contribution is 2.32. The number of benzene rings is 2. The first kappa shape index (κ1) is 29.5. The highest BCUT2D eigenvalue weighted by molar-refractivity contribution is 7.89. The highest BCUT2D eigenvalue weighted by atomic mass is 35.5. The van der Waals surface area contributed by atoms with Crippen LogP contribution in [0.3, 0.4) is 0 Å². The first-order chi connectivity index (χ1) is 16.7. The number of anilines is 1. The van der Waals surface area contributed by atoms with Gasteiger partial charge in [-0.3, -0.25) is 9.69 Å². The molecule has 3 aromatic rings. The fourth-order valence-corrected chi connectivity index (χ4v) is 5.71. The molecule has 0 saturated heterocycles. The number of thiazole rings is 1. The van der Waals surface area contributed by atoms with Crippen LogP contribution in [0.15, 0.2) is 72.7 Å². The zero-order valence-corrected chi connectivity index (χ0v) is 23.0. The maximum Gasteiger partial charge on any atom is 0.260 e. The molecule has 1 heterocycles. The summed E-state index contributed by atoms with van der Waals surface area (Å²) in [4.78, 5) is 21.9. The van der Waals surface area contributed by atoms with Crippen molar-refractivity contribution in [2.75, 3.05) is 52.3 Å². The van der Waals surface area contributed by atoms with Crippen LogP contribution in [0.25, 0.3) is 10.2 Å². The lowest BCUT2D eigenvalue weighted by molar-refractivity contribution is 0.0985. The molecule has 8 nitrogen and oxygen atoms in total. The Labute approximate surface area is 222 Å². The largest absolute Gasteiger partial charge is 0.497 e. The molecule has 2 aromatic carbocycles. The van der Waals surface area contributed by atoms with Gasteiger partial charge in [0.25, 0.3) is 5.91 Å². The Kier molecular flexibility index (Phi) is 10.6. The van der Waals surface area contributed by atoms with E-state index in [0.29, 0.717) is 29.5 Å². The molecule has 0 fully saturated rings. The van der Waals surface area contributed by atoms with Crippen molar-refractivity contribution in [2.45, 2.75) is 4.90 Å². The van der Waals surface area contributed by atoms with Gasteiger partial charge in [-0.15, -0.1) is 25.6 Å². The number of hydrogen-bond acceptors (Lipinski definition) is 7. The second-order valence-electron chi connectivity index (χ2n) is 8.01. The molecule has 3 rings (SSSR count). The topological polar surface area (TPSA) is 83.1 Å². The van der Waals surface area contributed by atoms with Gasteiger partial charge in [-0.05, 0) is 50.5 Å². The van der Waals surface area contributed by atoms with Gasteiger partial charge in [0.1, 0.15) is 5.75 Å². The molecule has 0 atom stereocenters. The fourth-order valence-electron chi connectivity index (χ4n) is 3.35. The van der Waals surface area contributed by atoms with Crippen LogP contribution in [0, 0.1) is 0 Å². The standard InChI is InChI=1S/C25H30N4O4S2.ClH/c1-6-14-28(15-7-2)35(31,32)21-11-8-19(9-12-21)24(30)29(17-16-27(3)4)25-26-22-18-20(33-5)10-13-23(22)34-25;/h6-13,18H,1-2,14-17H2,3-5H3;1H. The first-order valence-corrected chi connectivity index (χ1v) is 13.2. The maximum absolute atomic E-state index is 13.5. The monoisotopic (exact) mass is 550 g/mol. The normalized spacial score (nSPS) is 11.4. The van der Waals surface area contributed by atoms with E-state index in [1.807, 2.05) is 37.2 Å². The number of carbonyl (C=O) groups is 1. The van der Waals surface area contributed by atoms with Gasteiger partial charge < -0.3 is 9.64 Å². The van der Waals surface area contributed by atoms with Crippen molar-refractivity contribution in [3.8, 4) is 5.75 Å². The average Bonchev–Trinajstić information content (AvgIpc) is 3.26. The molecular formula is C25H31ClN4O4S2. The minimum Gasteiger partial charge on any atom is -0.497 e. The van der Waals surface area contributed by atoms with Crippen LogP contribution in [0.4, 0.5) is 5.13 Å². The van der Waals surface area contributed by atoms with Gasteiger partial charge in [-0.1, -0.05) is 23.5 Å². The second kappa shape index (κ2) is 13.0. The number of likely N-dealkylation sites (N-methyl/N-ethyl adjacent to an activating group) is 1. The van der Waals surface area contributed by atoms with Gasteiger partial charge in [-0.25, -0.2) is 13.4 Å². The summed E-state index contributed by atoms with van der Waals surface area (Å²) in [5, 5.41) is 0.569. The third-order valence-corrected chi connectivity index (χ3v) is 8.14. The number of aromatic nitrogens is 1. The minimum atomic E-state index is -3.75. The molecule has 0 radical (unpaired) electrons. The summed E-state index contributed by atoms with van der Waals surface area (Å²) >= 11 is 1.42. The SMILES string of the molecule is C=CCN(CC=C)S(=O)(=O)c1ccc(C(=O)N(CCN(C)C)c2nc3cc(OC)ccc3s2)cc1.Cl. The summed E-state index contributed by atoms with van der Waals surface area (Å²) in [5.74, 6) is 0.440. The van der Waals surface area contributed by atoms with Crippen molar-refractivity contribution in [2.24, 2.45) is 0 Å². The number of carbonyl (C=O) groups excluding carboxylic acids is 1. The molecule has 0 spiro atoms. The predicted molar refractivity (Wildman–Crippen MR) is 149 cm³/mol. The van der Waals surface area contributed by atoms with E-state index in [1.54, 1.807) is 12.0 Å². The van der Waals surface area contributed by atoms with Crippen molar-refractivity contribution in [1.82, 2.24) is 14.2 Å². The van der Waals surface area contributed by atoms with Gasteiger partial charge in [0.2, 0.25) is 10.0 Å². The molecule has 0 aliphatic carbocycles. The molecule has 194 valence electrons. The smallest absolute Gasteiger partial charge is 0.260 e. The number of methoxy groups -OCH3 is 1. The number of amides is 1. The van der Waals surface area contributed by atoms with Crippen LogP contribution in [-0.2, 0) is 10.0 Å². The predicted octanol–water partition coefficient (Wildman–Crippen LogP) is 4.30. The van der Waals surface area contributed by atoms with Gasteiger partial charge in [0, 0.05) is 37.8 Å². The molecule has 0 bridgehead atoms. The van der Waals surface area contributed by atoms with E-state index in [-0.39, 0.29) is 36.3 Å². The minimum absolute atomic E-state index is 0. The highest BCUT2D eigenvalue weighted by Gasteiger charge is 2.25. The van der Waals surface area contributed by atoms with E-state index in [4.69, 9.17) is 4.74 Å². The van der Waals surface area contributed by atoms with E-state index < -0.39 is 10.0 Å². The summed E-state index contributed by atoms with van der Waals surface area (Å²) < 4.78 is 33.5. The molecule has 0 saturated carbocycles. The summed E-state index contributed by atoms with van der Waals surface area (Å²) in [5.41, 5.74) is 1.12. The van der Waals surface area contributed by atoms with Crippen molar-refractivity contribution in [3.63, 3.8) is 0 Å². The Balaban J connectivity index is 0.00000456. The summed E-state index contributed by atoms with van der Waals surface area (Å²) in [6.07, 6.45) is 3.05. The summed E-state index contributed by atoms with van der Waals surface area (Å²) in [6.45, 7) is 8.63. The Morgan fingerprint density at radius 2 is 1.69 bits per heavy atom. The number of hydrogen-bond donors (Lipinski definition) is 0. The molecule has 36 heavy (non-hydrogen) atoms. The molecular weight excluding hydrogens is 520 g/mol. The number of rotatable bonds is 12. The van der Waals surface area contributed by atoms with Crippen LogP contribution in [-0.4, -0.2) is 75.9 Å². The molecule has 0 aliphatic heterocycles. The Bertz CT molecular complexity index is 1300. The van der Waals surface area contributed by atoms with Crippen LogP contribution >= 0.6 is 23.7 Å². The lowest BCUT2D eigenvalue weighted by atomic mass is 10.2. The van der Waals surface area contributed by atoms with Gasteiger partial charge in [0.05, 0.1) is 22.2 Å². The molecule has 1 aromatic heterocycles. The van der Waals surface area contributed by atoms with Gasteiger partial charge in [-0.2, -0.15) is 4.31 Å². The van der Waals surface area contributed by atoms with Crippen LogP contribution < -0.4 is 9.64 Å². The van der Waals surface area contributed by atoms with E-state index >= 15 is 0 Å². The summed E-state index contributed by atoms with van der Waals surface area (Å²) in [7, 11) is 1.72. The number of ether oxygens (including phenoxy) is 1. The van der Waals surface area contributed by atoms with E-state index in [9.17, 15) is 13.2 Å². The number of fused-ring (bicyclic) bond motifs is 1. The van der Waals surface area contributed by atoms with Crippen LogP contribution in [0.2, 0.25) is 0 Å². The van der Waals surface area contributed by atoms with Crippen molar-refractivity contribution in [1.29, 1.82) is 0 Å². The maximum atomic E-state index is 13.5. The third kappa shape index (κ3) is 6.71. The molecule has 11 heteroatoms. The lowest BCUT2D eigenvalue weighted by Crippen LogP contribution is -2.36. The Morgan fingerprint density at radius 3 is 2.25 bits per heavy atom. The van der Waals surface area contributed by atoms with Gasteiger partial charge in [0.15, 0.2) is 5.13 Å². The van der Waals surface area contributed by atoms with Crippen LogP contribution in [0.5, 0.6) is 5.75 Å². The van der Waals surface area contributed by atoms with Crippen molar-refractivity contribution < 1.29 is 17.9 Å². The number of nitrogens with zero attached hydrogens (tertiary/aromatic N) is 4. The first-order valence-electron chi connectivity index (χ1n) is 10.9. The Morgan fingerprint density at radius 1 is 1.06 bits per heavy atom. The van der Waals surface area contributed by atoms with Crippen LogP contribution in [0.1, 0.15) is 10.4 Å². The summed E-state index contributed by atoms with van der Waals surface area (Å²) in [6, 6.07) is 11.6. The number of halogens is 1. The third-order valence-electron chi connectivity index (χ3n) is 5.23. The van der Waals surface area contributed by atoms with E-state index in [2.05, 4.69) is 18.1 Å². The van der Waals surface area contributed by atoms with E-state index in [0.717, 1.165) is 10.2 Å². The Hall–Kier alpha value is -2.76. The van der Waals surface area contributed by atoms with Crippen molar-refractivity contribution >= 4 is 55.0 Å². The molecule has 1 amide bonds.